The van der Waals surface area contributed by atoms with Crippen LogP contribution in [0.25, 0.3) is 0 Å². The fraction of sp³-hybridized carbons (Fsp3) is 0.703. The molecular formula is C37H62N2O4. The van der Waals surface area contributed by atoms with Crippen molar-refractivity contribution in [2.45, 2.75) is 129 Å². The van der Waals surface area contributed by atoms with Crippen LogP contribution in [-0.2, 0) is 17.9 Å². The van der Waals surface area contributed by atoms with E-state index in [4.69, 9.17) is 14.2 Å². The van der Waals surface area contributed by atoms with Gasteiger partial charge in [-0.1, -0.05) is 115 Å². The largest absolute Gasteiger partial charge is 0.497 e. The average Bonchev–Trinajstić information content (AvgIpc) is 3.00. The summed E-state index contributed by atoms with van der Waals surface area (Å²) in [6, 6.07) is 9.71. The Morgan fingerprint density at radius 2 is 1.28 bits per heavy atom. The van der Waals surface area contributed by atoms with Gasteiger partial charge in [0.15, 0.2) is 5.75 Å². The standard InChI is InChI=1S/C37H62N2O4/c1-5-6-7-8-9-10-11-12-13-14-15-16-17-18-19-20-28-43-37-31-39(30-33-22-24-35(41-4)25-23-33)34(29-36(37)40)32-42-27-21-26-38(2)3/h22-25,29,31H,5-21,26-28,30,32H2,1-4H3. The van der Waals surface area contributed by atoms with Crippen molar-refractivity contribution in [3.63, 3.8) is 0 Å². The van der Waals surface area contributed by atoms with E-state index in [1.807, 2.05) is 18.3 Å². The first-order valence-corrected chi connectivity index (χ1v) is 17.2. The van der Waals surface area contributed by atoms with Crippen LogP contribution in [0.1, 0.15) is 127 Å². The van der Waals surface area contributed by atoms with E-state index in [1.54, 1.807) is 13.2 Å². The number of nitrogens with zero attached hydrogens (tertiary/aromatic N) is 2. The molecule has 0 radical (unpaired) electrons. The Kier molecular flexibility index (Phi) is 20.6. The van der Waals surface area contributed by atoms with E-state index in [9.17, 15) is 4.79 Å². The molecule has 6 heteroatoms. The summed E-state index contributed by atoms with van der Waals surface area (Å²) in [7, 11) is 5.79. The van der Waals surface area contributed by atoms with E-state index >= 15 is 0 Å². The number of hydrogen-bond donors (Lipinski definition) is 0. The van der Waals surface area contributed by atoms with Gasteiger partial charge in [-0.15, -0.1) is 0 Å². The fourth-order valence-electron chi connectivity index (χ4n) is 5.39. The summed E-state index contributed by atoms with van der Waals surface area (Å²) in [5.74, 6) is 1.25. The van der Waals surface area contributed by atoms with Gasteiger partial charge in [0.25, 0.3) is 0 Å². The van der Waals surface area contributed by atoms with Gasteiger partial charge < -0.3 is 23.7 Å². The topological polar surface area (TPSA) is 52.9 Å². The van der Waals surface area contributed by atoms with Crippen LogP contribution in [0.3, 0.4) is 0 Å². The number of ether oxygens (including phenoxy) is 3. The molecule has 0 aliphatic rings. The van der Waals surface area contributed by atoms with Gasteiger partial charge in [0.2, 0.25) is 5.43 Å². The molecule has 1 aromatic carbocycles. The lowest BCUT2D eigenvalue weighted by Gasteiger charge is -2.17. The van der Waals surface area contributed by atoms with Crippen molar-refractivity contribution in [2.75, 3.05) is 41.0 Å². The highest BCUT2D eigenvalue weighted by Gasteiger charge is 2.10. The van der Waals surface area contributed by atoms with Crippen molar-refractivity contribution >= 4 is 0 Å². The van der Waals surface area contributed by atoms with Crippen molar-refractivity contribution in [1.82, 2.24) is 9.47 Å². The molecule has 1 heterocycles. The zero-order chi connectivity index (χ0) is 31.0. The van der Waals surface area contributed by atoms with Crippen LogP contribution in [0.15, 0.2) is 41.3 Å². The molecule has 2 rings (SSSR count). The molecule has 0 amide bonds. The van der Waals surface area contributed by atoms with Crippen LogP contribution in [0.5, 0.6) is 11.5 Å². The lowest BCUT2D eigenvalue weighted by molar-refractivity contribution is 0.108. The van der Waals surface area contributed by atoms with E-state index < -0.39 is 0 Å². The highest BCUT2D eigenvalue weighted by Crippen LogP contribution is 2.17. The number of hydrogen-bond acceptors (Lipinski definition) is 5. The van der Waals surface area contributed by atoms with E-state index in [0.29, 0.717) is 32.1 Å². The van der Waals surface area contributed by atoms with Crippen LogP contribution in [-0.4, -0.2) is 50.4 Å². The Bertz CT molecular complexity index is 1000. The van der Waals surface area contributed by atoms with Gasteiger partial charge in [0.05, 0.1) is 26.5 Å². The lowest BCUT2D eigenvalue weighted by Crippen LogP contribution is -2.18. The second-order valence-electron chi connectivity index (χ2n) is 12.3. The van der Waals surface area contributed by atoms with Gasteiger partial charge in [-0.3, -0.25) is 4.79 Å². The van der Waals surface area contributed by atoms with Gasteiger partial charge in [0.1, 0.15) is 5.75 Å². The lowest BCUT2D eigenvalue weighted by atomic mass is 10.0. The van der Waals surface area contributed by atoms with Crippen molar-refractivity contribution < 1.29 is 14.2 Å². The maximum absolute atomic E-state index is 12.9. The van der Waals surface area contributed by atoms with E-state index in [1.165, 1.54) is 89.9 Å². The summed E-state index contributed by atoms with van der Waals surface area (Å²) in [5.41, 5.74) is 1.91. The molecule has 0 spiro atoms. The Hall–Kier alpha value is -2.31. The van der Waals surface area contributed by atoms with E-state index in [2.05, 4.69) is 42.6 Å². The first-order chi connectivity index (χ1) is 21.0. The molecule has 0 saturated heterocycles. The zero-order valence-corrected chi connectivity index (χ0v) is 28.0. The fourth-order valence-corrected chi connectivity index (χ4v) is 5.39. The maximum atomic E-state index is 12.9. The molecular weight excluding hydrogens is 536 g/mol. The molecule has 1 aromatic heterocycles. The van der Waals surface area contributed by atoms with Crippen LogP contribution in [0, 0.1) is 0 Å². The number of methoxy groups -OCH3 is 1. The number of pyridine rings is 1. The van der Waals surface area contributed by atoms with E-state index in [-0.39, 0.29) is 5.43 Å². The van der Waals surface area contributed by atoms with Crippen molar-refractivity contribution in [1.29, 1.82) is 0 Å². The Balaban J connectivity index is 1.69. The van der Waals surface area contributed by atoms with Gasteiger partial charge >= 0.3 is 0 Å². The molecule has 0 bridgehead atoms. The zero-order valence-electron chi connectivity index (χ0n) is 28.0. The summed E-state index contributed by atoms with van der Waals surface area (Å²) in [6.45, 7) is 5.54. The Labute approximate surface area is 263 Å². The number of rotatable bonds is 27. The second kappa shape index (κ2) is 24.1. The van der Waals surface area contributed by atoms with Gasteiger partial charge in [0, 0.05) is 24.9 Å². The average molecular weight is 599 g/mol. The summed E-state index contributed by atoms with van der Waals surface area (Å²) in [5, 5.41) is 0. The third kappa shape index (κ3) is 17.5. The Morgan fingerprint density at radius 1 is 0.721 bits per heavy atom. The third-order valence-corrected chi connectivity index (χ3v) is 8.09. The molecule has 2 aromatic rings. The summed E-state index contributed by atoms with van der Waals surface area (Å²) in [6.07, 6.45) is 24.3. The molecule has 6 nitrogen and oxygen atoms in total. The molecule has 43 heavy (non-hydrogen) atoms. The minimum Gasteiger partial charge on any atom is -0.497 e. The van der Waals surface area contributed by atoms with Crippen LogP contribution in [0.4, 0.5) is 0 Å². The predicted molar refractivity (Wildman–Crippen MR) is 181 cm³/mol. The SMILES string of the molecule is CCCCCCCCCCCCCCCCCCOc1cn(Cc2ccc(OC)cc2)c(COCCCN(C)C)cc1=O. The minimum atomic E-state index is -0.0747. The van der Waals surface area contributed by atoms with Crippen LogP contribution >= 0.6 is 0 Å². The van der Waals surface area contributed by atoms with Crippen LogP contribution in [0.2, 0.25) is 0 Å². The van der Waals surface area contributed by atoms with Gasteiger partial charge in [-0.05, 0) is 51.2 Å². The Morgan fingerprint density at radius 3 is 1.81 bits per heavy atom. The van der Waals surface area contributed by atoms with Crippen molar-refractivity contribution in [2.24, 2.45) is 0 Å². The normalized spacial score (nSPS) is 11.4. The summed E-state index contributed by atoms with van der Waals surface area (Å²) in [4.78, 5) is 15.0. The molecule has 0 saturated carbocycles. The van der Waals surface area contributed by atoms with Gasteiger partial charge in [-0.25, -0.2) is 0 Å². The monoisotopic (exact) mass is 598 g/mol. The highest BCUT2D eigenvalue weighted by molar-refractivity contribution is 5.29. The smallest absolute Gasteiger partial charge is 0.223 e. The number of benzene rings is 1. The maximum Gasteiger partial charge on any atom is 0.223 e. The molecule has 0 aliphatic carbocycles. The predicted octanol–water partition coefficient (Wildman–Crippen LogP) is 9.01. The number of aromatic nitrogens is 1. The molecule has 0 fully saturated rings. The summed E-state index contributed by atoms with van der Waals surface area (Å²) >= 11 is 0. The molecule has 0 N–H and O–H groups in total. The second-order valence-corrected chi connectivity index (χ2v) is 12.3. The van der Waals surface area contributed by atoms with Crippen LogP contribution < -0.4 is 14.9 Å². The molecule has 0 unspecified atom stereocenters. The third-order valence-electron chi connectivity index (χ3n) is 8.09. The molecule has 244 valence electrons. The first kappa shape index (κ1) is 36.9. The molecule has 0 atom stereocenters. The van der Waals surface area contributed by atoms with Gasteiger partial charge in [-0.2, -0.15) is 0 Å². The quantitative estimate of drug-likeness (QED) is 0.0961. The molecule has 0 aliphatic heterocycles. The number of unbranched alkanes of at least 4 members (excludes halogenated alkanes) is 15. The van der Waals surface area contributed by atoms with Crippen molar-refractivity contribution in [3.8, 4) is 11.5 Å². The van der Waals surface area contributed by atoms with Crippen molar-refractivity contribution in [3.05, 3.63) is 58.0 Å². The first-order valence-electron chi connectivity index (χ1n) is 17.2. The minimum absolute atomic E-state index is 0.0747. The summed E-state index contributed by atoms with van der Waals surface area (Å²) < 4.78 is 19.3. The highest BCUT2D eigenvalue weighted by atomic mass is 16.5. The van der Waals surface area contributed by atoms with E-state index in [0.717, 1.165) is 42.8 Å².